The van der Waals surface area contributed by atoms with E-state index in [4.69, 9.17) is 4.74 Å². The first kappa shape index (κ1) is 12.4. The standard InChI is InChI=1S/C14H14O4/c15-11-7-4-8-12(16)14(11)13(17)9-18-10-5-2-1-3-6-10/h1-3,5-6,15H,4,7-9H2. The van der Waals surface area contributed by atoms with Gasteiger partial charge >= 0.3 is 0 Å². The highest BCUT2D eigenvalue weighted by atomic mass is 16.5. The van der Waals surface area contributed by atoms with E-state index in [0.29, 0.717) is 25.0 Å². The zero-order valence-electron chi connectivity index (χ0n) is 9.89. The van der Waals surface area contributed by atoms with Crippen LogP contribution in [0.1, 0.15) is 19.3 Å². The minimum absolute atomic E-state index is 0.0859. The molecule has 1 aliphatic rings. The Bertz CT molecular complexity index is 488. The molecule has 0 fully saturated rings. The van der Waals surface area contributed by atoms with Crippen molar-refractivity contribution in [1.82, 2.24) is 0 Å². The van der Waals surface area contributed by atoms with Gasteiger partial charge in [0.15, 0.2) is 12.4 Å². The highest BCUT2D eigenvalue weighted by molar-refractivity contribution is 6.21. The molecular formula is C14H14O4. The monoisotopic (exact) mass is 246 g/mol. The van der Waals surface area contributed by atoms with Crippen LogP contribution in [-0.2, 0) is 9.59 Å². The molecule has 0 amide bonds. The normalized spacial score (nSPS) is 15.7. The molecule has 0 aliphatic heterocycles. The molecule has 1 aromatic carbocycles. The lowest BCUT2D eigenvalue weighted by Crippen LogP contribution is -2.23. The number of para-hydroxylation sites is 1. The molecule has 0 spiro atoms. The Morgan fingerprint density at radius 3 is 2.61 bits per heavy atom. The predicted molar refractivity (Wildman–Crippen MR) is 65.5 cm³/mol. The lowest BCUT2D eigenvalue weighted by Gasteiger charge is -2.14. The van der Waals surface area contributed by atoms with Gasteiger partial charge in [0.05, 0.1) is 0 Å². The van der Waals surface area contributed by atoms with Gasteiger partial charge in [-0.1, -0.05) is 18.2 Å². The number of carbonyl (C=O) groups excluding carboxylic acids is 2. The number of hydrogen-bond acceptors (Lipinski definition) is 4. The summed E-state index contributed by atoms with van der Waals surface area (Å²) in [6.45, 7) is -0.227. The van der Waals surface area contributed by atoms with Crippen LogP contribution in [-0.4, -0.2) is 23.3 Å². The summed E-state index contributed by atoms with van der Waals surface area (Å²) in [6.07, 6.45) is 1.30. The summed E-state index contributed by atoms with van der Waals surface area (Å²) in [6, 6.07) is 8.88. The van der Waals surface area contributed by atoms with Crippen LogP contribution in [0.4, 0.5) is 0 Å². The van der Waals surface area contributed by atoms with E-state index in [2.05, 4.69) is 0 Å². The van der Waals surface area contributed by atoms with Gasteiger partial charge in [0.1, 0.15) is 17.1 Å². The van der Waals surface area contributed by atoms with Crippen LogP contribution in [0, 0.1) is 0 Å². The first-order valence-corrected chi connectivity index (χ1v) is 5.85. The molecule has 0 atom stereocenters. The number of aliphatic hydroxyl groups is 1. The zero-order valence-corrected chi connectivity index (χ0v) is 9.89. The molecule has 4 nitrogen and oxygen atoms in total. The third-order valence-corrected chi connectivity index (χ3v) is 2.78. The Hall–Kier alpha value is -2.10. The maximum absolute atomic E-state index is 11.8. The van der Waals surface area contributed by atoms with E-state index in [-0.39, 0.29) is 23.7 Å². The molecule has 0 bridgehead atoms. The molecule has 0 saturated heterocycles. The number of allylic oxidation sites excluding steroid dienone is 1. The molecular weight excluding hydrogens is 232 g/mol. The van der Waals surface area contributed by atoms with Crippen molar-refractivity contribution in [2.45, 2.75) is 19.3 Å². The average Bonchev–Trinajstić information content (AvgIpc) is 2.37. The number of Topliss-reactive ketones (excluding diaryl/α,β-unsaturated/α-hetero) is 2. The lowest BCUT2D eigenvalue weighted by molar-refractivity contribution is -0.123. The maximum Gasteiger partial charge on any atom is 0.207 e. The third kappa shape index (κ3) is 2.77. The van der Waals surface area contributed by atoms with Crippen molar-refractivity contribution >= 4 is 11.6 Å². The number of ether oxygens (including phenoxy) is 1. The quantitative estimate of drug-likeness (QED) is 0.827. The van der Waals surface area contributed by atoms with E-state index < -0.39 is 5.78 Å². The summed E-state index contributed by atoms with van der Waals surface area (Å²) in [5, 5.41) is 9.59. The van der Waals surface area contributed by atoms with Gasteiger partial charge in [-0.05, 0) is 18.6 Å². The van der Waals surface area contributed by atoms with Gasteiger partial charge in [-0.2, -0.15) is 0 Å². The number of carbonyl (C=O) groups is 2. The van der Waals surface area contributed by atoms with E-state index >= 15 is 0 Å². The van der Waals surface area contributed by atoms with Crippen LogP contribution in [0.25, 0.3) is 0 Å². The van der Waals surface area contributed by atoms with E-state index in [0.717, 1.165) is 0 Å². The second-order valence-electron chi connectivity index (χ2n) is 4.12. The molecule has 1 N–H and O–H groups in total. The number of rotatable bonds is 4. The van der Waals surface area contributed by atoms with Gasteiger partial charge < -0.3 is 9.84 Å². The minimum Gasteiger partial charge on any atom is -0.511 e. The number of benzene rings is 1. The molecule has 94 valence electrons. The van der Waals surface area contributed by atoms with Crippen molar-refractivity contribution in [2.75, 3.05) is 6.61 Å². The Morgan fingerprint density at radius 2 is 1.94 bits per heavy atom. The smallest absolute Gasteiger partial charge is 0.207 e. The second-order valence-corrected chi connectivity index (χ2v) is 4.12. The summed E-state index contributed by atoms with van der Waals surface area (Å²) in [5.41, 5.74) is -0.0859. The molecule has 0 unspecified atom stereocenters. The van der Waals surface area contributed by atoms with Gasteiger partial charge in [-0.15, -0.1) is 0 Å². The predicted octanol–water partition coefficient (Wildman–Crippen LogP) is 2.20. The van der Waals surface area contributed by atoms with E-state index in [1.807, 2.05) is 6.07 Å². The minimum atomic E-state index is -0.457. The third-order valence-electron chi connectivity index (χ3n) is 2.78. The van der Waals surface area contributed by atoms with Crippen molar-refractivity contribution in [3.63, 3.8) is 0 Å². The highest BCUT2D eigenvalue weighted by Crippen LogP contribution is 2.21. The van der Waals surface area contributed by atoms with Gasteiger partial charge in [-0.25, -0.2) is 0 Å². The van der Waals surface area contributed by atoms with Crippen LogP contribution < -0.4 is 4.74 Å². The summed E-state index contributed by atoms with van der Waals surface area (Å²) in [7, 11) is 0. The van der Waals surface area contributed by atoms with Crippen LogP contribution in [0.5, 0.6) is 5.75 Å². The fourth-order valence-corrected chi connectivity index (χ4v) is 1.88. The first-order valence-electron chi connectivity index (χ1n) is 5.85. The van der Waals surface area contributed by atoms with E-state index in [1.165, 1.54) is 0 Å². The lowest BCUT2D eigenvalue weighted by atomic mass is 9.93. The highest BCUT2D eigenvalue weighted by Gasteiger charge is 2.26. The molecule has 0 aromatic heterocycles. The molecule has 0 radical (unpaired) electrons. The van der Waals surface area contributed by atoms with Crippen LogP contribution in [0.2, 0.25) is 0 Å². The van der Waals surface area contributed by atoms with Crippen molar-refractivity contribution in [2.24, 2.45) is 0 Å². The summed E-state index contributed by atoms with van der Waals surface area (Å²) in [4.78, 5) is 23.4. The molecule has 0 saturated carbocycles. The number of aliphatic hydroxyl groups excluding tert-OH is 1. The zero-order chi connectivity index (χ0) is 13.0. The van der Waals surface area contributed by atoms with Crippen molar-refractivity contribution in [3.05, 3.63) is 41.7 Å². The SMILES string of the molecule is O=C1CCCC(O)=C1C(=O)COc1ccccc1. The molecule has 18 heavy (non-hydrogen) atoms. The fourth-order valence-electron chi connectivity index (χ4n) is 1.88. The van der Waals surface area contributed by atoms with Crippen LogP contribution >= 0.6 is 0 Å². The Balaban J connectivity index is 2.02. The largest absolute Gasteiger partial charge is 0.511 e. The Labute approximate surface area is 105 Å². The molecule has 1 aromatic rings. The molecule has 1 aliphatic carbocycles. The maximum atomic E-state index is 11.8. The summed E-state index contributed by atoms with van der Waals surface area (Å²) < 4.78 is 5.27. The van der Waals surface area contributed by atoms with Crippen molar-refractivity contribution < 1.29 is 19.4 Å². The molecule has 0 heterocycles. The van der Waals surface area contributed by atoms with Crippen LogP contribution in [0.3, 0.4) is 0 Å². The average molecular weight is 246 g/mol. The van der Waals surface area contributed by atoms with Crippen molar-refractivity contribution in [3.8, 4) is 5.75 Å². The Kier molecular flexibility index (Phi) is 3.77. The van der Waals surface area contributed by atoms with Crippen LogP contribution in [0.15, 0.2) is 41.7 Å². The Morgan fingerprint density at radius 1 is 1.22 bits per heavy atom. The molecule has 2 rings (SSSR count). The topological polar surface area (TPSA) is 63.6 Å². The number of ketones is 2. The fraction of sp³-hybridized carbons (Fsp3) is 0.286. The molecule has 4 heteroatoms. The summed E-state index contributed by atoms with van der Waals surface area (Å²) >= 11 is 0. The number of hydrogen-bond donors (Lipinski definition) is 1. The van der Waals surface area contributed by atoms with Gasteiger partial charge in [0, 0.05) is 12.8 Å². The first-order chi connectivity index (χ1) is 8.68. The van der Waals surface area contributed by atoms with E-state index in [1.54, 1.807) is 24.3 Å². The van der Waals surface area contributed by atoms with Crippen molar-refractivity contribution in [1.29, 1.82) is 0 Å². The second kappa shape index (κ2) is 5.49. The summed E-state index contributed by atoms with van der Waals surface area (Å²) in [5.74, 6) is -0.288. The van der Waals surface area contributed by atoms with E-state index in [9.17, 15) is 14.7 Å². The van der Waals surface area contributed by atoms with Gasteiger partial charge in [-0.3, -0.25) is 9.59 Å². The van der Waals surface area contributed by atoms with Gasteiger partial charge in [0.2, 0.25) is 5.78 Å². The van der Waals surface area contributed by atoms with Gasteiger partial charge in [0.25, 0.3) is 0 Å².